The zero-order chi connectivity index (χ0) is 16.8. The van der Waals surface area contributed by atoms with E-state index in [4.69, 9.17) is 0 Å². The second-order valence-electron chi connectivity index (χ2n) is 4.29. The van der Waals surface area contributed by atoms with E-state index in [1.54, 1.807) is 0 Å². The van der Waals surface area contributed by atoms with Crippen molar-refractivity contribution in [3.63, 3.8) is 0 Å². The number of hydrogen-bond acceptors (Lipinski definition) is 7. The molecule has 1 heterocycles. The molecule has 0 unspecified atom stereocenters. The lowest BCUT2D eigenvalue weighted by Gasteiger charge is -2.11. The Morgan fingerprint density at radius 3 is 2.39 bits per heavy atom. The molecule has 0 fully saturated rings. The predicted molar refractivity (Wildman–Crippen MR) is 79.1 cm³/mol. The molecule has 1 aromatic carbocycles. The quantitative estimate of drug-likeness (QED) is 0.847. The summed E-state index contributed by atoms with van der Waals surface area (Å²) in [6.45, 7) is 0. The van der Waals surface area contributed by atoms with Crippen LogP contribution in [0.25, 0.3) is 0 Å². The molecule has 23 heavy (non-hydrogen) atoms. The SMILES string of the molecule is COC(=O)c1ccc(C(=O)OC)c(NC(=O)c2cnccn2)c1. The first-order chi connectivity index (χ1) is 11.1. The average Bonchev–Trinajstić information content (AvgIpc) is 2.61. The fourth-order valence-corrected chi connectivity index (χ4v) is 1.78. The number of carbonyl (C=O) groups is 3. The molecule has 8 nitrogen and oxygen atoms in total. The highest BCUT2D eigenvalue weighted by Crippen LogP contribution is 2.20. The number of benzene rings is 1. The van der Waals surface area contributed by atoms with E-state index in [1.807, 2.05) is 0 Å². The first-order valence-corrected chi connectivity index (χ1v) is 6.45. The van der Waals surface area contributed by atoms with Crippen LogP contribution < -0.4 is 5.32 Å². The summed E-state index contributed by atoms with van der Waals surface area (Å²) in [6.07, 6.45) is 4.06. The first kappa shape index (κ1) is 16.1. The van der Waals surface area contributed by atoms with Crippen LogP contribution in [0.2, 0.25) is 0 Å². The summed E-state index contributed by atoms with van der Waals surface area (Å²) in [4.78, 5) is 43.2. The van der Waals surface area contributed by atoms with E-state index < -0.39 is 17.8 Å². The van der Waals surface area contributed by atoms with Crippen molar-refractivity contribution < 1.29 is 23.9 Å². The van der Waals surface area contributed by atoms with Gasteiger partial charge in [0, 0.05) is 12.4 Å². The number of hydrogen-bond donors (Lipinski definition) is 1. The van der Waals surface area contributed by atoms with Gasteiger partial charge in [0.15, 0.2) is 0 Å². The van der Waals surface area contributed by atoms with Gasteiger partial charge >= 0.3 is 11.9 Å². The van der Waals surface area contributed by atoms with Gasteiger partial charge in [0.1, 0.15) is 5.69 Å². The zero-order valence-electron chi connectivity index (χ0n) is 12.4. The summed E-state index contributed by atoms with van der Waals surface area (Å²) in [5.74, 6) is -1.84. The summed E-state index contributed by atoms with van der Waals surface area (Å²) in [5.41, 5.74) is 0.439. The monoisotopic (exact) mass is 315 g/mol. The lowest BCUT2D eigenvalue weighted by molar-refractivity contribution is 0.0587. The molecule has 0 aliphatic rings. The number of carbonyl (C=O) groups excluding carboxylic acids is 3. The maximum Gasteiger partial charge on any atom is 0.339 e. The van der Waals surface area contributed by atoms with Gasteiger partial charge in [-0.3, -0.25) is 9.78 Å². The molecule has 0 saturated carbocycles. The molecule has 0 spiro atoms. The minimum absolute atomic E-state index is 0.0618. The number of nitrogens with zero attached hydrogens (tertiary/aromatic N) is 2. The minimum Gasteiger partial charge on any atom is -0.465 e. The third-order valence-corrected chi connectivity index (χ3v) is 2.89. The molecular weight excluding hydrogens is 302 g/mol. The number of esters is 2. The highest BCUT2D eigenvalue weighted by Gasteiger charge is 2.18. The van der Waals surface area contributed by atoms with Crippen LogP contribution in [0, 0.1) is 0 Å². The van der Waals surface area contributed by atoms with E-state index in [9.17, 15) is 14.4 Å². The van der Waals surface area contributed by atoms with Crippen LogP contribution in [-0.4, -0.2) is 42.0 Å². The van der Waals surface area contributed by atoms with Crippen LogP contribution in [0.5, 0.6) is 0 Å². The van der Waals surface area contributed by atoms with Gasteiger partial charge in [-0.2, -0.15) is 0 Å². The van der Waals surface area contributed by atoms with E-state index >= 15 is 0 Å². The summed E-state index contributed by atoms with van der Waals surface area (Å²) >= 11 is 0. The topological polar surface area (TPSA) is 107 Å². The molecule has 0 aliphatic carbocycles. The summed E-state index contributed by atoms with van der Waals surface area (Å²) in [7, 11) is 2.44. The molecule has 2 aromatic rings. The second-order valence-corrected chi connectivity index (χ2v) is 4.29. The second kappa shape index (κ2) is 7.12. The number of methoxy groups -OCH3 is 2. The van der Waals surface area contributed by atoms with Crippen molar-refractivity contribution in [2.75, 3.05) is 19.5 Å². The number of amides is 1. The fourth-order valence-electron chi connectivity index (χ4n) is 1.78. The van der Waals surface area contributed by atoms with Crippen LogP contribution in [0.1, 0.15) is 31.2 Å². The van der Waals surface area contributed by atoms with Gasteiger partial charge in [0.05, 0.1) is 37.2 Å². The molecule has 0 atom stereocenters. The average molecular weight is 315 g/mol. The van der Waals surface area contributed by atoms with Gasteiger partial charge in [-0.1, -0.05) is 0 Å². The van der Waals surface area contributed by atoms with Crippen molar-refractivity contribution in [2.45, 2.75) is 0 Å². The lowest BCUT2D eigenvalue weighted by Crippen LogP contribution is -2.17. The molecule has 118 valence electrons. The third-order valence-electron chi connectivity index (χ3n) is 2.89. The Kier molecular flexibility index (Phi) is 4.98. The number of aromatic nitrogens is 2. The van der Waals surface area contributed by atoms with Crippen molar-refractivity contribution in [3.05, 3.63) is 53.6 Å². The highest BCUT2D eigenvalue weighted by atomic mass is 16.5. The van der Waals surface area contributed by atoms with Crippen molar-refractivity contribution in [2.24, 2.45) is 0 Å². The van der Waals surface area contributed by atoms with Crippen molar-refractivity contribution >= 4 is 23.5 Å². The Labute approximate surface area is 131 Å². The summed E-state index contributed by atoms with van der Waals surface area (Å²) < 4.78 is 9.27. The highest BCUT2D eigenvalue weighted by molar-refractivity contribution is 6.08. The van der Waals surface area contributed by atoms with Crippen LogP contribution in [0.3, 0.4) is 0 Å². The van der Waals surface area contributed by atoms with Crippen LogP contribution in [0.15, 0.2) is 36.8 Å². The number of anilines is 1. The number of nitrogens with one attached hydrogen (secondary N) is 1. The molecule has 0 saturated heterocycles. The standard InChI is InChI=1S/C15H13N3O5/c1-22-14(20)9-3-4-10(15(21)23-2)11(7-9)18-13(19)12-8-16-5-6-17-12/h3-8H,1-2H3,(H,18,19). The van der Waals surface area contributed by atoms with Gasteiger partial charge in [-0.15, -0.1) is 0 Å². The van der Waals surface area contributed by atoms with E-state index in [-0.39, 0.29) is 22.5 Å². The fraction of sp³-hybridized carbons (Fsp3) is 0.133. The van der Waals surface area contributed by atoms with E-state index in [1.165, 1.54) is 51.0 Å². The Morgan fingerprint density at radius 2 is 1.78 bits per heavy atom. The van der Waals surface area contributed by atoms with Crippen LogP contribution in [-0.2, 0) is 9.47 Å². The third kappa shape index (κ3) is 3.67. The molecule has 1 N–H and O–H groups in total. The molecule has 0 bridgehead atoms. The molecule has 0 radical (unpaired) electrons. The van der Waals surface area contributed by atoms with Gasteiger partial charge in [0.2, 0.25) is 0 Å². The van der Waals surface area contributed by atoms with Crippen LogP contribution in [0.4, 0.5) is 5.69 Å². The Hall–Kier alpha value is -3.29. The predicted octanol–water partition coefficient (Wildman–Crippen LogP) is 1.30. The summed E-state index contributed by atoms with van der Waals surface area (Å²) in [6, 6.07) is 4.09. The molecule has 2 rings (SSSR count). The number of ether oxygens (including phenoxy) is 2. The molecule has 8 heteroatoms. The van der Waals surface area contributed by atoms with Gasteiger partial charge in [-0.05, 0) is 18.2 Å². The smallest absolute Gasteiger partial charge is 0.339 e. The van der Waals surface area contributed by atoms with Gasteiger partial charge in [-0.25, -0.2) is 14.6 Å². The van der Waals surface area contributed by atoms with E-state index in [0.717, 1.165) is 0 Å². The number of rotatable bonds is 4. The van der Waals surface area contributed by atoms with E-state index in [2.05, 4.69) is 24.8 Å². The largest absolute Gasteiger partial charge is 0.465 e. The maximum absolute atomic E-state index is 12.1. The lowest BCUT2D eigenvalue weighted by atomic mass is 10.1. The normalized spacial score (nSPS) is 9.83. The van der Waals surface area contributed by atoms with Crippen molar-refractivity contribution in [3.8, 4) is 0 Å². The molecule has 1 amide bonds. The van der Waals surface area contributed by atoms with Gasteiger partial charge < -0.3 is 14.8 Å². The van der Waals surface area contributed by atoms with Crippen LogP contribution >= 0.6 is 0 Å². The molecule has 0 aliphatic heterocycles. The van der Waals surface area contributed by atoms with Gasteiger partial charge in [0.25, 0.3) is 5.91 Å². The minimum atomic E-state index is -0.657. The molecular formula is C15H13N3O5. The van der Waals surface area contributed by atoms with E-state index in [0.29, 0.717) is 0 Å². The van der Waals surface area contributed by atoms with Crippen molar-refractivity contribution in [1.29, 1.82) is 0 Å². The molecule has 1 aromatic heterocycles. The summed E-state index contributed by atoms with van der Waals surface area (Å²) in [5, 5.41) is 2.51. The first-order valence-electron chi connectivity index (χ1n) is 6.45. The Morgan fingerprint density at radius 1 is 1.04 bits per heavy atom. The maximum atomic E-state index is 12.1. The Bertz CT molecular complexity index is 746. The zero-order valence-corrected chi connectivity index (χ0v) is 12.4. The Balaban J connectivity index is 2.39. The van der Waals surface area contributed by atoms with Crippen molar-refractivity contribution in [1.82, 2.24) is 9.97 Å².